The lowest BCUT2D eigenvalue weighted by molar-refractivity contribution is -0.384. The number of carbonyl (C=O) groups is 2. The van der Waals surface area contributed by atoms with E-state index in [1.807, 2.05) is 13.8 Å². The minimum Gasteiger partial charge on any atom is -0.462 e. The molecule has 2 rings (SSSR count). The number of non-ortho nitro benzene ring substituents is 1. The molecule has 0 bridgehead atoms. The van der Waals surface area contributed by atoms with E-state index in [4.69, 9.17) is 4.74 Å². The van der Waals surface area contributed by atoms with E-state index < -0.39 is 4.92 Å². The standard InChI is InChI=1S/C14H17NO4.C2H5NO.C2H6/c16-14(19-13-3-1-2-4-13)10-7-11-5-8-12(9-6-11)15(17)18;1-2(3)4;1-2/h5-6,8-9,13H,1-4,7,10H2;1H3,(H2,3,4);1-2H3. The Balaban J connectivity index is 0.000000845. The fourth-order valence-corrected chi connectivity index (χ4v) is 2.28. The van der Waals surface area contributed by atoms with Crippen LogP contribution < -0.4 is 5.73 Å². The smallest absolute Gasteiger partial charge is 0.306 e. The molecule has 0 unspecified atom stereocenters. The molecule has 140 valence electrons. The van der Waals surface area contributed by atoms with Gasteiger partial charge in [-0.3, -0.25) is 19.7 Å². The maximum absolute atomic E-state index is 11.6. The first-order valence-electron chi connectivity index (χ1n) is 8.57. The Labute approximate surface area is 148 Å². The largest absolute Gasteiger partial charge is 0.462 e. The summed E-state index contributed by atoms with van der Waals surface area (Å²) >= 11 is 0. The van der Waals surface area contributed by atoms with Crippen molar-refractivity contribution in [2.75, 3.05) is 0 Å². The highest BCUT2D eigenvalue weighted by molar-refractivity contribution is 5.70. The van der Waals surface area contributed by atoms with Gasteiger partial charge in [0.2, 0.25) is 5.91 Å². The van der Waals surface area contributed by atoms with Gasteiger partial charge in [-0.25, -0.2) is 0 Å². The summed E-state index contributed by atoms with van der Waals surface area (Å²) < 4.78 is 5.35. The molecule has 0 heterocycles. The molecular weight excluding hydrogens is 324 g/mol. The summed E-state index contributed by atoms with van der Waals surface area (Å²) in [7, 11) is 0. The van der Waals surface area contributed by atoms with Crippen LogP contribution in [0, 0.1) is 10.1 Å². The highest BCUT2D eigenvalue weighted by Gasteiger charge is 2.18. The number of aryl methyl sites for hydroxylation is 1. The highest BCUT2D eigenvalue weighted by Crippen LogP contribution is 2.21. The van der Waals surface area contributed by atoms with Crippen molar-refractivity contribution >= 4 is 17.6 Å². The number of rotatable bonds is 5. The minimum atomic E-state index is -0.432. The van der Waals surface area contributed by atoms with Crippen molar-refractivity contribution in [3.63, 3.8) is 0 Å². The van der Waals surface area contributed by atoms with Crippen molar-refractivity contribution < 1.29 is 19.2 Å². The van der Waals surface area contributed by atoms with Gasteiger partial charge in [-0.2, -0.15) is 0 Å². The number of hydrogen-bond acceptors (Lipinski definition) is 5. The van der Waals surface area contributed by atoms with Gasteiger partial charge < -0.3 is 10.5 Å². The highest BCUT2D eigenvalue weighted by atomic mass is 16.6. The van der Waals surface area contributed by atoms with Gasteiger partial charge in [0.15, 0.2) is 0 Å². The second kappa shape index (κ2) is 12.9. The van der Waals surface area contributed by atoms with Gasteiger partial charge in [-0.1, -0.05) is 26.0 Å². The number of nitrogens with zero attached hydrogens (tertiary/aromatic N) is 1. The number of ether oxygens (including phenoxy) is 1. The van der Waals surface area contributed by atoms with Gasteiger partial charge in [0.1, 0.15) is 6.10 Å². The number of esters is 1. The van der Waals surface area contributed by atoms with Gasteiger partial charge in [-0.05, 0) is 37.7 Å². The number of carbonyl (C=O) groups excluding carboxylic acids is 2. The summed E-state index contributed by atoms with van der Waals surface area (Å²) in [5.41, 5.74) is 5.45. The number of amides is 1. The molecule has 1 saturated carbocycles. The molecule has 1 fully saturated rings. The predicted molar refractivity (Wildman–Crippen MR) is 96.0 cm³/mol. The summed E-state index contributed by atoms with van der Waals surface area (Å²) in [5, 5.41) is 10.5. The third-order valence-corrected chi connectivity index (χ3v) is 3.37. The zero-order valence-corrected chi connectivity index (χ0v) is 15.2. The van der Waals surface area contributed by atoms with Gasteiger partial charge in [0.05, 0.1) is 4.92 Å². The Hall–Kier alpha value is -2.44. The van der Waals surface area contributed by atoms with Gasteiger partial charge >= 0.3 is 5.97 Å². The van der Waals surface area contributed by atoms with E-state index in [9.17, 15) is 19.7 Å². The number of nitrogens with two attached hydrogens (primary N) is 1. The first-order valence-corrected chi connectivity index (χ1v) is 8.57. The van der Waals surface area contributed by atoms with Crippen molar-refractivity contribution in [1.82, 2.24) is 0 Å². The van der Waals surface area contributed by atoms with Crippen LogP contribution in [0.1, 0.15) is 58.4 Å². The Morgan fingerprint density at radius 1 is 1.20 bits per heavy atom. The number of nitro benzene ring substituents is 1. The lowest BCUT2D eigenvalue weighted by Gasteiger charge is -2.10. The molecule has 1 aliphatic rings. The molecule has 25 heavy (non-hydrogen) atoms. The zero-order chi connectivity index (χ0) is 19.2. The van der Waals surface area contributed by atoms with Gasteiger partial charge in [0.25, 0.3) is 5.69 Å². The number of hydrogen-bond donors (Lipinski definition) is 1. The minimum absolute atomic E-state index is 0.0669. The fourth-order valence-electron chi connectivity index (χ4n) is 2.28. The van der Waals surface area contributed by atoms with E-state index >= 15 is 0 Å². The third-order valence-electron chi connectivity index (χ3n) is 3.37. The molecule has 7 nitrogen and oxygen atoms in total. The molecule has 0 spiro atoms. The van der Waals surface area contributed by atoms with Crippen molar-refractivity contribution in [2.45, 2.75) is 65.4 Å². The molecule has 0 saturated heterocycles. The molecule has 0 aliphatic heterocycles. The first-order chi connectivity index (χ1) is 11.9. The molecule has 0 radical (unpaired) electrons. The second-order valence-corrected chi connectivity index (χ2v) is 5.43. The molecule has 1 amide bonds. The molecule has 0 aromatic heterocycles. The van der Waals surface area contributed by atoms with Crippen LogP contribution in [0.3, 0.4) is 0 Å². The Morgan fingerprint density at radius 3 is 2.12 bits per heavy atom. The van der Waals surface area contributed by atoms with E-state index in [0.717, 1.165) is 31.2 Å². The molecular formula is C18H28N2O5. The van der Waals surface area contributed by atoms with Crippen LogP contribution in [0.5, 0.6) is 0 Å². The number of benzene rings is 1. The monoisotopic (exact) mass is 352 g/mol. The van der Waals surface area contributed by atoms with E-state index in [1.165, 1.54) is 19.1 Å². The Morgan fingerprint density at radius 2 is 1.68 bits per heavy atom. The quantitative estimate of drug-likeness (QED) is 0.495. The lowest BCUT2D eigenvalue weighted by atomic mass is 10.1. The third kappa shape index (κ3) is 10.9. The second-order valence-electron chi connectivity index (χ2n) is 5.43. The summed E-state index contributed by atoms with van der Waals surface area (Å²) in [4.78, 5) is 30.9. The maximum atomic E-state index is 11.6. The van der Waals surface area contributed by atoms with E-state index in [1.54, 1.807) is 12.1 Å². The van der Waals surface area contributed by atoms with E-state index in [0.29, 0.717) is 12.8 Å². The molecule has 0 atom stereocenters. The summed E-state index contributed by atoms with van der Waals surface area (Å²) in [6, 6.07) is 6.28. The summed E-state index contributed by atoms with van der Waals surface area (Å²) in [5.74, 6) is -0.509. The molecule has 1 aromatic rings. The normalized spacial score (nSPS) is 12.9. The summed E-state index contributed by atoms with van der Waals surface area (Å²) in [6.07, 6.45) is 5.22. The Kier molecular flexibility index (Phi) is 11.7. The molecule has 1 aromatic carbocycles. The van der Waals surface area contributed by atoms with E-state index in [2.05, 4.69) is 5.73 Å². The zero-order valence-electron chi connectivity index (χ0n) is 15.2. The van der Waals surface area contributed by atoms with Crippen molar-refractivity contribution in [3.05, 3.63) is 39.9 Å². The molecule has 7 heteroatoms. The van der Waals surface area contributed by atoms with Crippen LogP contribution >= 0.6 is 0 Å². The first kappa shape index (κ1) is 22.6. The summed E-state index contributed by atoms with van der Waals surface area (Å²) in [6.45, 7) is 5.31. The van der Waals surface area contributed by atoms with Crippen LogP contribution in [0.15, 0.2) is 24.3 Å². The van der Waals surface area contributed by atoms with Crippen LogP contribution in [0.25, 0.3) is 0 Å². The maximum Gasteiger partial charge on any atom is 0.306 e. The number of primary amides is 1. The van der Waals surface area contributed by atoms with Crippen molar-refractivity contribution in [2.24, 2.45) is 5.73 Å². The molecule has 2 N–H and O–H groups in total. The Bertz CT molecular complexity index is 533. The average Bonchev–Trinajstić information content (AvgIpc) is 3.07. The van der Waals surface area contributed by atoms with Gasteiger partial charge in [0, 0.05) is 25.5 Å². The van der Waals surface area contributed by atoms with Crippen LogP contribution in [0.4, 0.5) is 5.69 Å². The topological polar surface area (TPSA) is 113 Å². The SMILES string of the molecule is CC.CC(N)=O.O=C(CCc1ccc([N+](=O)[O-])cc1)OC1CCCC1. The predicted octanol–water partition coefficient (Wildman–Crippen LogP) is 3.53. The van der Waals surface area contributed by atoms with Gasteiger partial charge in [-0.15, -0.1) is 0 Å². The number of nitro groups is 1. The van der Waals surface area contributed by atoms with Crippen LogP contribution in [-0.2, 0) is 20.7 Å². The fraction of sp³-hybridized carbons (Fsp3) is 0.556. The van der Waals surface area contributed by atoms with Crippen LogP contribution in [0.2, 0.25) is 0 Å². The molecule has 1 aliphatic carbocycles. The average molecular weight is 352 g/mol. The van der Waals surface area contributed by atoms with Crippen molar-refractivity contribution in [3.8, 4) is 0 Å². The van der Waals surface area contributed by atoms with Crippen LogP contribution in [-0.4, -0.2) is 22.9 Å². The van der Waals surface area contributed by atoms with Crippen molar-refractivity contribution in [1.29, 1.82) is 0 Å². The van der Waals surface area contributed by atoms with E-state index in [-0.39, 0.29) is 23.7 Å². The lowest BCUT2D eigenvalue weighted by Crippen LogP contribution is -2.14.